The van der Waals surface area contributed by atoms with Crippen molar-refractivity contribution >= 4 is 0 Å². The van der Waals surface area contributed by atoms with Crippen LogP contribution >= 0.6 is 0 Å². The van der Waals surface area contributed by atoms with Crippen LogP contribution in [0.5, 0.6) is 0 Å². The minimum Gasteiger partial charge on any atom is -0.313 e. The van der Waals surface area contributed by atoms with Crippen molar-refractivity contribution in [2.24, 2.45) is 5.92 Å². The first kappa shape index (κ1) is 17.9. The Morgan fingerprint density at radius 1 is 1.00 bits per heavy atom. The molecule has 0 aromatic rings. The number of hydrogen-bond donors (Lipinski definition) is 1. The topological polar surface area (TPSA) is 18.5 Å². The summed E-state index contributed by atoms with van der Waals surface area (Å²) in [4.78, 5) is 4.92. The fraction of sp³-hybridized carbons (Fsp3) is 1.00. The van der Waals surface area contributed by atoms with Crippen molar-refractivity contribution in [2.75, 3.05) is 33.7 Å². The molecule has 2 unspecified atom stereocenters. The predicted octanol–water partition coefficient (Wildman–Crippen LogP) is 2.28. The van der Waals surface area contributed by atoms with E-state index in [0.717, 1.165) is 19.6 Å². The summed E-state index contributed by atoms with van der Waals surface area (Å²) >= 11 is 0. The fourth-order valence-electron chi connectivity index (χ4n) is 2.60. The van der Waals surface area contributed by atoms with Crippen LogP contribution in [0, 0.1) is 5.92 Å². The molecule has 0 saturated carbocycles. The highest BCUT2D eigenvalue weighted by atomic mass is 15.2. The van der Waals surface area contributed by atoms with Crippen LogP contribution in [0.4, 0.5) is 0 Å². The fourth-order valence-corrected chi connectivity index (χ4v) is 2.60. The van der Waals surface area contributed by atoms with E-state index in [1.165, 1.54) is 0 Å². The maximum Gasteiger partial charge on any atom is 0.0246 e. The van der Waals surface area contributed by atoms with E-state index in [0.29, 0.717) is 24.0 Å². The van der Waals surface area contributed by atoms with Gasteiger partial charge in [0.05, 0.1) is 0 Å². The Bertz CT molecular complexity index is 202. The van der Waals surface area contributed by atoms with Gasteiger partial charge in [0.15, 0.2) is 0 Å². The van der Waals surface area contributed by atoms with Gasteiger partial charge in [-0.1, -0.05) is 34.6 Å². The SMILES string of the molecule is CCN(C(C)CN(C)C)C(CNC(C)C)C(C)C. The van der Waals surface area contributed by atoms with Crippen molar-refractivity contribution in [2.45, 2.75) is 59.7 Å². The molecule has 0 aromatic carbocycles. The van der Waals surface area contributed by atoms with Gasteiger partial charge in [0.2, 0.25) is 0 Å². The molecule has 0 saturated heterocycles. The largest absolute Gasteiger partial charge is 0.313 e. The number of rotatable bonds is 9. The van der Waals surface area contributed by atoms with Crippen molar-refractivity contribution in [1.29, 1.82) is 0 Å². The molecular formula is C15H35N3. The van der Waals surface area contributed by atoms with E-state index in [2.05, 4.69) is 70.8 Å². The van der Waals surface area contributed by atoms with Crippen molar-refractivity contribution in [3.63, 3.8) is 0 Å². The van der Waals surface area contributed by atoms with Crippen molar-refractivity contribution in [3.8, 4) is 0 Å². The summed E-state index contributed by atoms with van der Waals surface area (Å²) in [6.07, 6.45) is 0. The van der Waals surface area contributed by atoms with Gasteiger partial charge in [0.1, 0.15) is 0 Å². The second-order valence-corrected chi connectivity index (χ2v) is 6.32. The summed E-state index contributed by atoms with van der Waals surface area (Å²) in [7, 11) is 4.31. The van der Waals surface area contributed by atoms with Gasteiger partial charge in [0, 0.05) is 31.2 Å². The number of nitrogens with zero attached hydrogens (tertiary/aromatic N) is 2. The molecule has 0 aliphatic carbocycles. The molecule has 0 amide bonds. The standard InChI is InChI=1S/C15H35N3/c1-9-18(14(6)11-17(7)8)15(12(2)3)10-16-13(4)5/h12-16H,9-11H2,1-8H3. The Morgan fingerprint density at radius 2 is 1.56 bits per heavy atom. The van der Waals surface area contributed by atoms with Crippen molar-refractivity contribution in [3.05, 3.63) is 0 Å². The van der Waals surface area contributed by atoms with E-state index >= 15 is 0 Å². The van der Waals surface area contributed by atoms with Crippen LogP contribution in [0.25, 0.3) is 0 Å². The normalized spacial score (nSPS) is 16.0. The van der Waals surface area contributed by atoms with Crippen LogP contribution in [-0.2, 0) is 0 Å². The third kappa shape index (κ3) is 6.72. The van der Waals surface area contributed by atoms with Gasteiger partial charge in [-0.05, 0) is 33.5 Å². The third-order valence-electron chi connectivity index (χ3n) is 3.49. The zero-order valence-electron chi connectivity index (χ0n) is 13.8. The average Bonchev–Trinajstić information content (AvgIpc) is 2.21. The first-order valence-corrected chi connectivity index (χ1v) is 7.43. The molecule has 1 N–H and O–H groups in total. The van der Waals surface area contributed by atoms with Crippen LogP contribution in [0.15, 0.2) is 0 Å². The lowest BCUT2D eigenvalue weighted by molar-refractivity contribution is 0.0962. The molecule has 0 aliphatic heterocycles. The molecule has 0 bridgehead atoms. The van der Waals surface area contributed by atoms with Gasteiger partial charge in [0.25, 0.3) is 0 Å². The van der Waals surface area contributed by atoms with Gasteiger partial charge in [-0.3, -0.25) is 4.90 Å². The second kappa shape index (κ2) is 8.89. The smallest absolute Gasteiger partial charge is 0.0246 e. The van der Waals surface area contributed by atoms with Crippen LogP contribution in [0.1, 0.15) is 41.5 Å². The third-order valence-corrected chi connectivity index (χ3v) is 3.49. The molecule has 0 fully saturated rings. The summed E-state index contributed by atoms with van der Waals surface area (Å²) < 4.78 is 0. The van der Waals surface area contributed by atoms with E-state index in [1.807, 2.05) is 0 Å². The summed E-state index contributed by atoms with van der Waals surface area (Å²) in [5.74, 6) is 0.681. The van der Waals surface area contributed by atoms with Crippen molar-refractivity contribution in [1.82, 2.24) is 15.1 Å². The van der Waals surface area contributed by atoms with E-state index in [4.69, 9.17) is 0 Å². The van der Waals surface area contributed by atoms with Crippen LogP contribution in [-0.4, -0.2) is 61.7 Å². The van der Waals surface area contributed by atoms with E-state index < -0.39 is 0 Å². The highest BCUT2D eigenvalue weighted by molar-refractivity contribution is 4.82. The Balaban J connectivity index is 4.60. The van der Waals surface area contributed by atoms with E-state index in [-0.39, 0.29) is 0 Å². The van der Waals surface area contributed by atoms with Gasteiger partial charge in [-0.15, -0.1) is 0 Å². The highest BCUT2D eigenvalue weighted by Crippen LogP contribution is 2.14. The molecule has 0 spiro atoms. The maximum absolute atomic E-state index is 3.59. The Kier molecular flexibility index (Phi) is 8.83. The van der Waals surface area contributed by atoms with Crippen LogP contribution in [0.2, 0.25) is 0 Å². The summed E-state index contributed by atoms with van der Waals surface area (Å²) in [6.45, 7) is 17.0. The van der Waals surface area contributed by atoms with Gasteiger partial charge < -0.3 is 10.2 Å². The van der Waals surface area contributed by atoms with Crippen molar-refractivity contribution < 1.29 is 0 Å². The molecule has 0 heterocycles. The lowest BCUT2D eigenvalue weighted by Crippen LogP contribution is -2.52. The molecular weight excluding hydrogens is 222 g/mol. The Labute approximate surface area is 115 Å². The van der Waals surface area contributed by atoms with Crippen LogP contribution < -0.4 is 5.32 Å². The van der Waals surface area contributed by atoms with E-state index in [1.54, 1.807) is 0 Å². The van der Waals surface area contributed by atoms with Gasteiger partial charge in [-0.2, -0.15) is 0 Å². The lowest BCUT2D eigenvalue weighted by atomic mass is 10.00. The molecule has 0 radical (unpaired) electrons. The maximum atomic E-state index is 3.59. The molecule has 18 heavy (non-hydrogen) atoms. The molecule has 0 rings (SSSR count). The molecule has 0 aromatic heterocycles. The summed E-state index contributed by atoms with van der Waals surface area (Å²) in [5, 5.41) is 3.59. The minimum absolute atomic E-state index is 0.564. The first-order valence-electron chi connectivity index (χ1n) is 7.43. The zero-order valence-corrected chi connectivity index (χ0v) is 13.8. The highest BCUT2D eigenvalue weighted by Gasteiger charge is 2.25. The van der Waals surface area contributed by atoms with Gasteiger partial charge in [-0.25, -0.2) is 0 Å². The Morgan fingerprint density at radius 3 is 1.89 bits per heavy atom. The monoisotopic (exact) mass is 257 g/mol. The van der Waals surface area contributed by atoms with E-state index in [9.17, 15) is 0 Å². The molecule has 2 atom stereocenters. The Hall–Kier alpha value is -0.120. The zero-order chi connectivity index (χ0) is 14.3. The molecule has 0 aliphatic rings. The minimum atomic E-state index is 0.564. The second-order valence-electron chi connectivity index (χ2n) is 6.32. The van der Waals surface area contributed by atoms with Gasteiger partial charge >= 0.3 is 0 Å². The number of likely N-dealkylation sites (N-methyl/N-ethyl adjacent to an activating group) is 2. The number of hydrogen-bond acceptors (Lipinski definition) is 3. The summed E-state index contributed by atoms with van der Waals surface area (Å²) in [5.41, 5.74) is 0. The summed E-state index contributed by atoms with van der Waals surface area (Å²) in [6, 6.07) is 1.79. The molecule has 3 heteroatoms. The lowest BCUT2D eigenvalue weighted by Gasteiger charge is -2.39. The molecule has 3 nitrogen and oxygen atoms in total. The first-order chi connectivity index (χ1) is 8.29. The average molecular weight is 257 g/mol. The number of nitrogens with one attached hydrogen (secondary N) is 1. The predicted molar refractivity (Wildman–Crippen MR) is 82.2 cm³/mol. The molecule has 110 valence electrons. The quantitative estimate of drug-likeness (QED) is 0.684. The van der Waals surface area contributed by atoms with Crippen LogP contribution in [0.3, 0.4) is 0 Å².